The highest BCUT2D eigenvalue weighted by Gasteiger charge is 2.33. The molecule has 5 heteroatoms. The van der Waals surface area contributed by atoms with Crippen molar-refractivity contribution in [2.45, 2.75) is 72.8 Å². The highest BCUT2D eigenvalue weighted by atomic mass is 16.2. The maximum atomic E-state index is 12.5. The van der Waals surface area contributed by atoms with Gasteiger partial charge in [0.2, 0.25) is 0 Å². The Bertz CT molecular complexity index is 623. The van der Waals surface area contributed by atoms with Gasteiger partial charge in [0, 0.05) is 18.8 Å². The van der Waals surface area contributed by atoms with E-state index in [1.807, 2.05) is 6.92 Å². The quantitative estimate of drug-likeness (QED) is 0.664. The molecule has 1 aromatic rings. The highest BCUT2D eigenvalue weighted by Crippen LogP contribution is 2.40. The Morgan fingerprint density at radius 2 is 1.79 bits per heavy atom. The SMILES string of the molecule is CCC(C)(C)C1CCC(NC(=O)C(=O)c2c(C)nn(C)c2C)CC1. The first-order valence-electron chi connectivity index (χ1n) is 9.02. The van der Waals surface area contributed by atoms with Crippen LogP contribution in [0.4, 0.5) is 0 Å². The third-order valence-electron chi connectivity index (χ3n) is 6.02. The molecule has 0 saturated heterocycles. The van der Waals surface area contributed by atoms with Gasteiger partial charge in [0.1, 0.15) is 0 Å². The molecule has 0 radical (unpaired) electrons. The summed E-state index contributed by atoms with van der Waals surface area (Å²) in [6, 6.07) is 0.114. The average molecular weight is 333 g/mol. The third kappa shape index (κ3) is 3.70. The summed E-state index contributed by atoms with van der Waals surface area (Å²) in [6.45, 7) is 10.5. The Morgan fingerprint density at radius 1 is 1.21 bits per heavy atom. The minimum Gasteiger partial charge on any atom is -0.346 e. The van der Waals surface area contributed by atoms with E-state index in [9.17, 15) is 9.59 Å². The lowest BCUT2D eigenvalue weighted by Crippen LogP contribution is -2.42. The molecule has 1 aliphatic rings. The van der Waals surface area contributed by atoms with Crippen molar-refractivity contribution >= 4 is 11.7 Å². The number of aryl methyl sites for hydroxylation is 2. The largest absolute Gasteiger partial charge is 0.346 e. The number of nitrogens with zero attached hydrogens (tertiary/aromatic N) is 2. The third-order valence-corrected chi connectivity index (χ3v) is 6.02. The van der Waals surface area contributed by atoms with E-state index in [1.54, 1.807) is 18.7 Å². The van der Waals surface area contributed by atoms with E-state index in [0.29, 0.717) is 22.6 Å². The summed E-state index contributed by atoms with van der Waals surface area (Å²) < 4.78 is 1.65. The molecule has 1 aliphatic carbocycles. The van der Waals surface area contributed by atoms with Crippen LogP contribution < -0.4 is 5.32 Å². The van der Waals surface area contributed by atoms with Gasteiger partial charge < -0.3 is 5.32 Å². The molecule has 1 N–H and O–H groups in total. The second kappa shape index (κ2) is 7.08. The van der Waals surface area contributed by atoms with E-state index >= 15 is 0 Å². The van der Waals surface area contributed by atoms with Gasteiger partial charge in [-0.05, 0) is 50.9 Å². The van der Waals surface area contributed by atoms with Crippen LogP contribution >= 0.6 is 0 Å². The first kappa shape index (κ1) is 18.7. The maximum absolute atomic E-state index is 12.5. The van der Waals surface area contributed by atoms with Crippen molar-refractivity contribution in [3.8, 4) is 0 Å². The van der Waals surface area contributed by atoms with E-state index < -0.39 is 11.7 Å². The predicted molar refractivity (Wildman–Crippen MR) is 95.0 cm³/mol. The van der Waals surface area contributed by atoms with Crippen molar-refractivity contribution in [2.24, 2.45) is 18.4 Å². The van der Waals surface area contributed by atoms with Crippen molar-refractivity contribution in [1.29, 1.82) is 0 Å². The summed E-state index contributed by atoms with van der Waals surface area (Å²) in [5.41, 5.74) is 2.15. The maximum Gasteiger partial charge on any atom is 0.292 e. The van der Waals surface area contributed by atoms with Gasteiger partial charge >= 0.3 is 0 Å². The number of Topliss-reactive ketones (excluding diaryl/α,β-unsaturated/α-hetero) is 1. The predicted octanol–water partition coefficient (Wildman–Crippen LogP) is 3.33. The van der Waals surface area contributed by atoms with Crippen molar-refractivity contribution in [2.75, 3.05) is 0 Å². The number of carbonyl (C=O) groups is 2. The highest BCUT2D eigenvalue weighted by molar-refractivity contribution is 6.43. The molecule has 0 atom stereocenters. The van der Waals surface area contributed by atoms with Gasteiger partial charge in [0.05, 0.1) is 11.3 Å². The molecule has 2 rings (SSSR count). The van der Waals surface area contributed by atoms with Gasteiger partial charge in [-0.25, -0.2) is 0 Å². The van der Waals surface area contributed by atoms with E-state index in [4.69, 9.17) is 0 Å². The Morgan fingerprint density at radius 3 is 2.25 bits per heavy atom. The molecule has 0 bridgehead atoms. The molecular formula is C19H31N3O2. The van der Waals surface area contributed by atoms with Crippen LogP contribution in [0.2, 0.25) is 0 Å². The van der Waals surface area contributed by atoms with Crippen LogP contribution in [0.25, 0.3) is 0 Å². The lowest BCUT2D eigenvalue weighted by Gasteiger charge is -2.39. The number of carbonyl (C=O) groups excluding carboxylic acids is 2. The molecule has 0 spiro atoms. The standard InChI is InChI=1S/C19H31N3O2/c1-7-19(4,5)14-8-10-15(11-9-14)20-18(24)17(23)16-12(2)21-22(6)13(16)3/h14-15H,7-11H2,1-6H3,(H,20,24). The van der Waals surface area contributed by atoms with E-state index in [2.05, 4.69) is 31.2 Å². The molecule has 0 unspecified atom stereocenters. The number of amides is 1. The van der Waals surface area contributed by atoms with E-state index in [1.165, 1.54) is 6.42 Å². The number of nitrogens with one attached hydrogen (secondary N) is 1. The Kier molecular flexibility index (Phi) is 5.51. The summed E-state index contributed by atoms with van der Waals surface area (Å²) >= 11 is 0. The lowest BCUT2D eigenvalue weighted by atomic mass is 9.69. The second-order valence-electron chi connectivity index (χ2n) is 7.86. The van der Waals surface area contributed by atoms with Gasteiger partial charge in [0.15, 0.2) is 0 Å². The fourth-order valence-electron chi connectivity index (χ4n) is 3.77. The van der Waals surface area contributed by atoms with Gasteiger partial charge in [-0.1, -0.05) is 27.2 Å². The summed E-state index contributed by atoms with van der Waals surface area (Å²) in [7, 11) is 1.79. The first-order valence-corrected chi connectivity index (χ1v) is 9.02. The Balaban J connectivity index is 1.95. The van der Waals surface area contributed by atoms with Crippen molar-refractivity contribution < 1.29 is 9.59 Å². The zero-order chi connectivity index (χ0) is 18.1. The minimum atomic E-state index is -0.493. The van der Waals surface area contributed by atoms with Crippen LogP contribution in [0.1, 0.15) is 74.6 Å². The number of ketones is 1. The number of rotatable bonds is 5. The van der Waals surface area contributed by atoms with Gasteiger partial charge in [0.25, 0.3) is 11.7 Å². The van der Waals surface area contributed by atoms with Crippen LogP contribution in [0.15, 0.2) is 0 Å². The molecule has 1 fully saturated rings. The van der Waals surface area contributed by atoms with Crippen LogP contribution in [0.5, 0.6) is 0 Å². The van der Waals surface area contributed by atoms with Gasteiger partial charge in [-0.15, -0.1) is 0 Å². The molecule has 5 nitrogen and oxygen atoms in total. The van der Waals surface area contributed by atoms with Gasteiger partial charge in [-0.3, -0.25) is 14.3 Å². The lowest BCUT2D eigenvalue weighted by molar-refractivity contribution is -0.118. The Hall–Kier alpha value is -1.65. The normalized spacial score (nSPS) is 21.6. The summed E-state index contributed by atoms with van der Waals surface area (Å²) in [6.07, 6.45) is 5.32. The molecule has 24 heavy (non-hydrogen) atoms. The molecule has 0 aromatic carbocycles. The summed E-state index contributed by atoms with van der Waals surface area (Å²) in [5, 5.41) is 7.17. The first-order chi connectivity index (χ1) is 11.2. The summed E-state index contributed by atoms with van der Waals surface area (Å²) in [5.74, 6) is -0.254. The molecular weight excluding hydrogens is 302 g/mol. The van der Waals surface area contributed by atoms with Crippen LogP contribution in [0, 0.1) is 25.2 Å². The zero-order valence-electron chi connectivity index (χ0n) is 15.9. The fourth-order valence-corrected chi connectivity index (χ4v) is 3.77. The number of hydrogen-bond acceptors (Lipinski definition) is 3. The topological polar surface area (TPSA) is 64.0 Å². The molecule has 0 aliphatic heterocycles. The Labute approximate surface area is 145 Å². The molecule has 134 valence electrons. The van der Waals surface area contributed by atoms with E-state index in [-0.39, 0.29) is 6.04 Å². The van der Waals surface area contributed by atoms with Crippen LogP contribution in [0.3, 0.4) is 0 Å². The summed E-state index contributed by atoms with van der Waals surface area (Å²) in [4.78, 5) is 24.8. The van der Waals surface area contributed by atoms with Crippen LogP contribution in [-0.4, -0.2) is 27.5 Å². The monoisotopic (exact) mass is 333 g/mol. The van der Waals surface area contributed by atoms with Gasteiger partial charge in [-0.2, -0.15) is 5.10 Å². The second-order valence-corrected chi connectivity index (χ2v) is 7.86. The smallest absolute Gasteiger partial charge is 0.292 e. The molecule has 1 saturated carbocycles. The van der Waals surface area contributed by atoms with Crippen molar-refractivity contribution in [3.05, 3.63) is 17.0 Å². The molecule has 1 aromatic heterocycles. The fraction of sp³-hybridized carbons (Fsp3) is 0.737. The molecule has 1 amide bonds. The number of hydrogen-bond donors (Lipinski definition) is 1. The van der Waals surface area contributed by atoms with Crippen molar-refractivity contribution in [3.63, 3.8) is 0 Å². The molecule has 1 heterocycles. The minimum absolute atomic E-state index is 0.114. The average Bonchev–Trinajstić information content (AvgIpc) is 2.79. The van der Waals surface area contributed by atoms with Crippen molar-refractivity contribution in [1.82, 2.24) is 15.1 Å². The zero-order valence-corrected chi connectivity index (χ0v) is 15.9. The van der Waals surface area contributed by atoms with Crippen LogP contribution in [-0.2, 0) is 11.8 Å². The number of aromatic nitrogens is 2. The van der Waals surface area contributed by atoms with E-state index in [0.717, 1.165) is 31.4 Å².